The Hall–Kier alpha value is -2.14. The first-order valence-electron chi connectivity index (χ1n) is 6.66. The van der Waals surface area contributed by atoms with Gasteiger partial charge in [-0.25, -0.2) is 9.97 Å². The zero-order valence-corrected chi connectivity index (χ0v) is 12.4. The van der Waals surface area contributed by atoms with Gasteiger partial charge in [-0.2, -0.15) is 0 Å². The van der Waals surface area contributed by atoms with Gasteiger partial charge in [-0.05, 0) is 11.6 Å². The van der Waals surface area contributed by atoms with Gasteiger partial charge in [-0.15, -0.1) is 11.6 Å². The summed E-state index contributed by atoms with van der Waals surface area (Å²) >= 11 is 5.88. The van der Waals surface area contributed by atoms with Crippen LogP contribution in [0, 0.1) is 0 Å². The number of ether oxygens (including phenoxy) is 1. The lowest BCUT2D eigenvalue weighted by Crippen LogP contribution is -2.06. The molecule has 0 bridgehead atoms. The van der Waals surface area contributed by atoms with Crippen LogP contribution in [0.15, 0.2) is 36.8 Å². The number of fused-ring (bicyclic) bond motifs is 1. The summed E-state index contributed by atoms with van der Waals surface area (Å²) in [6.45, 7) is 0.698. The van der Waals surface area contributed by atoms with Crippen molar-refractivity contribution < 1.29 is 4.74 Å². The van der Waals surface area contributed by atoms with Gasteiger partial charge < -0.3 is 9.30 Å². The van der Waals surface area contributed by atoms with Gasteiger partial charge in [-0.1, -0.05) is 6.07 Å². The molecule has 0 atom stereocenters. The van der Waals surface area contributed by atoms with Crippen LogP contribution in [0.1, 0.15) is 11.4 Å². The number of halogens is 1. The molecule has 0 fully saturated rings. The van der Waals surface area contributed by atoms with E-state index in [-0.39, 0.29) is 0 Å². The Balaban J connectivity index is 1.99. The Morgan fingerprint density at radius 3 is 2.86 bits per heavy atom. The molecule has 3 aromatic rings. The van der Waals surface area contributed by atoms with Gasteiger partial charge in [0.25, 0.3) is 0 Å². The molecule has 3 rings (SSSR count). The molecule has 0 aliphatic heterocycles. The molecule has 0 N–H and O–H groups in total. The van der Waals surface area contributed by atoms with Gasteiger partial charge in [-0.3, -0.25) is 4.98 Å². The van der Waals surface area contributed by atoms with Gasteiger partial charge in [0.15, 0.2) is 0 Å². The Labute approximate surface area is 127 Å². The molecule has 108 valence electrons. The second-order valence-corrected chi connectivity index (χ2v) is 5.00. The van der Waals surface area contributed by atoms with E-state index in [9.17, 15) is 0 Å². The first kappa shape index (κ1) is 13.8. The van der Waals surface area contributed by atoms with Crippen molar-refractivity contribution in [3.8, 4) is 5.88 Å². The molecule has 5 nitrogen and oxygen atoms in total. The first-order valence-corrected chi connectivity index (χ1v) is 7.19. The maximum absolute atomic E-state index is 5.88. The summed E-state index contributed by atoms with van der Waals surface area (Å²) in [7, 11) is 1.61. The van der Waals surface area contributed by atoms with Crippen LogP contribution in [0.5, 0.6) is 5.88 Å². The lowest BCUT2D eigenvalue weighted by molar-refractivity contribution is 0.397. The van der Waals surface area contributed by atoms with Crippen LogP contribution in [0.4, 0.5) is 0 Å². The van der Waals surface area contributed by atoms with Gasteiger partial charge in [0, 0.05) is 30.8 Å². The molecular formula is C15H15ClN4O. The second kappa shape index (κ2) is 6.10. The van der Waals surface area contributed by atoms with E-state index in [0.29, 0.717) is 18.3 Å². The predicted octanol–water partition coefficient (Wildman–Crippen LogP) is 2.66. The van der Waals surface area contributed by atoms with Crippen LogP contribution in [0.2, 0.25) is 0 Å². The largest absolute Gasteiger partial charge is 0.481 e. The summed E-state index contributed by atoms with van der Waals surface area (Å²) < 4.78 is 7.24. The normalized spacial score (nSPS) is 11.0. The molecule has 0 aromatic carbocycles. The fraction of sp³-hybridized carbons (Fsp3) is 0.267. The van der Waals surface area contributed by atoms with Crippen molar-refractivity contribution in [2.24, 2.45) is 0 Å². The molecule has 3 aromatic heterocycles. The minimum Gasteiger partial charge on any atom is -0.481 e. The van der Waals surface area contributed by atoms with E-state index in [1.807, 2.05) is 24.4 Å². The lowest BCUT2D eigenvalue weighted by atomic mass is 10.2. The SMILES string of the molecule is COc1ccc(Cn2c(CCCl)nc3cnccc32)cn1. The van der Waals surface area contributed by atoms with Crippen molar-refractivity contribution in [3.63, 3.8) is 0 Å². The highest BCUT2D eigenvalue weighted by atomic mass is 35.5. The number of pyridine rings is 2. The third-order valence-corrected chi connectivity index (χ3v) is 3.48. The molecule has 0 amide bonds. The summed E-state index contributed by atoms with van der Waals surface area (Å²) in [6.07, 6.45) is 6.09. The van der Waals surface area contributed by atoms with E-state index in [1.54, 1.807) is 19.5 Å². The first-order chi connectivity index (χ1) is 10.3. The number of aromatic nitrogens is 4. The Kier molecular flexibility index (Phi) is 4.01. The number of imidazole rings is 1. The predicted molar refractivity (Wildman–Crippen MR) is 81.8 cm³/mol. The van der Waals surface area contributed by atoms with E-state index >= 15 is 0 Å². The Morgan fingerprint density at radius 1 is 1.24 bits per heavy atom. The average molecular weight is 303 g/mol. The van der Waals surface area contributed by atoms with Crippen LogP contribution >= 0.6 is 11.6 Å². The third kappa shape index (κ3) is 2.83. The molecule has 0 spiro atoms. The maximum atomic E-state index is 5.88. The molecule has 0 aliphatic rings. The van der Waals surface area contributed by atoms with E-state index in [1.165, 1.54) is 0 Å². The summed E-state index contributed by atoms with van der Waals surface area (Å²) in [5, 5.41) is 0. The highest BCUT2D eigenvalue weighted by Crippen LogP contribution is 2.18. The molecule has 0 unspecified atom stereocenters. The smallest absolute Gasteiger partial charge is 0.212 e. The highest BCUT2D eigenvalue weighted by molar-refractivity contribution is 6.17. The zero-order valence-electron chi connectivity index (χ0n) is 11.7. The number of alkyl halides is 1. The van der Waals surface area contributed by atoms with Gasteiger partial charge in [0.05, 0.1) is 25.4 Å². The summed E-state index contributed by atoms with van der Waals surface area (Å²) in [5.41, 5.74) is 3.03. The van der Waals surface area contributed by atoms with Gasteiger partial charge in [0.2, 0.25) is 5.88 Å². The molecule has 6 heteroatoms. The molecule has 0 saturated heterocycles. The number of nitrogens with zero attached hydrogens (tertiary/aromatic N) is 4. The lowest BCUT2D eigenvalue weighted by Gasteiger charge is -2.09. The van der Waals surface area contributed by atoms with Crippen molar-refractivity contribution in [2.45, 2.75) is 13.0 Å². The van der Waals surface area contributed by atoms with E-state index in [0.717, 1.165) is 28.8 Å². The van der Waals surface area contributed by atoms with Crippen LogP contribution in [-0.4, -0.2) is 32.5 Å². The average Bonchev–Trinajstić information content (AvgIpc) is 2.86. The van der Waals surface area contributed by atoms with Gasteiger partial charge in [0.1, 0.15) is 11.3 Å². The molecule has 21 heavy (non-hydrogen) atoms. The summed E-state index contributed by atoms with van der Waals surface area (Å²) in [4.78, 5) is 13.0. The van der Waals surface area contributed by atoms with E-state index < -0.39 is 0 Å². The molecule has 0 saturated carbocycles. The fourth-order valence-corrected chi connectivity index (χ4v) is 2.46. The van der Waals surface area contributed by atoms with Crippen LogP contribution < -0.4 is 4.74 Å². The summed E-state index contributed by atoms with van der Waals surface area (Å²) in [5.74, 6) is 2.11. The quantitative estimate of drug-likeness (QED) is 0.680. The number of hydrogen-bond acceptors (Lipinski definition) is 4. The number of rotatable bonds is 5. The van der Waals surface area contributed by atoms with Crippen molar-refractivity contribution in [1.29, 1.82) is 0 Å². The van der Waals surface area contributed by atoms with Crippen molar-refractivity contribution in [2.75, 3.05) is 13.0 Å². The standard InChI is InChI=1S/C15H15ClN4O/c1-21-15-3-2-11(8-18-15)10-20-13-5-7-17-9-12(13)19-14(20)4-6-16/h2-3,5,7-9H,4,6,10H2,1H3. The van der Waals surface area contributed by atoms with Crippen LogP contribution in [0.25, 0.3) is 11.0 Å². The minimum absolute atomic E-state index is 0.539. The highest BCUT2D eigenvalue weighted by Gasteiger charge is 2.11. The maximum Gasteiger partial charge on any atom is 0.212 e. The van der Waals surface area contributed by atoms with Crippen LogP contribution in [-0.2, 0) is 13.0 Å². The second-order valence-electron chi connectivity index (χ2n) is 4.63. The number of aryl methyl sites for hydroxylation is 1. The van der Waals surface area contributed by atoms with Crippen molar-refractivity contribution in [1.82, 2.24) is 19.5 Å². The third-order valence-electron chi connectivity index (χ3n) is 3.30. The molecule has 0 aliphatic carbocycles. The monoisotopic (exact) mass is 302 g/mol. The number of hydrogen-bond donors (Lipinski definition) is 0. The Bertz CT molecular complexity index is 739. The zero-order chi connectivity index (χ0) is 14.7. The van der Waals surface area contributed by atoms with Crippen molar-refractivity contribution >= 4 is 22.6 Å². The molecular weight excluding hydrogens is 288 g/mol. The summed E-state index contributed by atoms with van der Waals surface area (Å²) in [6, 6.07) is 5.83. The topological polar surface area (TPSA) is 52.8 Å². The van der Waals surface area contributed by atoms with E-state index in [2.05, 4.69) is 19.5 Å². The number of methoxy groups -OCH3 is 1. The molecule has 3 heterocycles. The van der Waals surface area contributed by atoms with Gasteiger partial charge >= 0.3 is 0 Å². The van der Waals surface area contributed by atoms with Crippen molar-refractivity contribution in [3.05, 3.63) is 48.2 Å². The van der Waals surface area contributed by atoms with Crippen LogP contribution in [0.3, 0.4) is 0 Å². The molecule has 0 radical (unpaired) electrons. The minimum atomic E-state index is 0.539. The van der Waals surface area contributed by atoms with E-state index in [4.69, 9.17) is 16.3 Å². The fourth-order valence-electron chi connectivity index (χ4n) is 2.29. The Morgan fingerprint density at radius 2 is 2.14 bits per heavy atom.